The highest BCUT2D eigenvalue weighted by Crippen LogP contribution is 2.24. The van der Waals surface area contributed by atoms with Crippen LogP contribution in [0.1, 0.15) is 51.0 Å². The van der Waals surface area contributed by atoms with Gasteiger partial charge >= 0.3 is 0 Å². The minimum Gasteiger partial charge on any atom is -0.361 e. The number of rotatable bonds is 5. The summed E-state index contributed by atoms with van der Waals surface area (Å²) >= 11 is 0. The maximum Gasteiger partial charge on any atom is 0.238 e. The molecule has 1 aromatic rings. The molecule has 1 aliphatic carbocycles. The van der Waals surface area contributed by atoms with Crippen LogP contribution in [-0.4, -0.2) is 30.8 Å². The van der Waals surface area contributed by atoms with Crippen molar-refractivity contribution in [2.75, 3.05) is 0 Å². The van der Waals surface area contributed by atoms with Crippen molar-refractivity contribution in [3.8, 4) is 0 Å². The molecular weight excluding hydrogens is 304 g/mol. The summed E-state index contributed by atoms with van der Waals surface area (Å²) in [6, 6.07) is 1.65. The molecule has 0 unspecified atom stereocenters. The molecule has 124 valence electrons. The second-order valence-electron chi connectivity index (χ2n) is 6.26. The predicted octanol–water partition coefficient (Wildman–Crippen LogP) is 1.98. The predicted molar refractivity (Wildman–Crippen MR) is 82.9 cm³/mol. The first-order chi connectivity index (χ1) is 10.3. The van der Waals surface area contributed by atoms with E-state index in [9.17, 15) is 13.2 Å². The quantitative estimate of drug-likeness (QED) is 0.892. The third-order valence-corrected chi connectivity index (χ3v) is 6.36. The van der Waals surface area contributed by atoms with E-state index in [0.29, 0.717) is 17.4 Å². The van der Waals surface area contributed by atoms with Crippen molar-refractivity contribution in [2.45, 2.75) is 63.5 Å². The molecule has 0 radical (unpaired) electrons. The van der Waals surface area contributed by atoms with E-state index < -0.39 is 21.0 Å². The number of carbonyl (C=O) groups excluding carboxylic acids is 1. The Labute approximate surface area is 131 Å². The molecule has 1 fully saturated rings. The minimum absolute atomic E-state index is 0.0770. The minimum atomic E-state index is -3.60. The molecule has 1 amide bonds. The van der Waals surface area contributed by atoms with E-state index in [-0.39, 0.29) is 11.8 Å². The van der Waals surface area contributed by atoms with E-state index in [4.69, 9.17) is 4.52 Å². The van der Waals surface area contributed by atoms with Gasteiger partial charge in [-0.1, -0.05) is 24.9 Å². The molecule has 2 rings (SSSR count). The fraction of sp³-hybridized carbons (Fsp3) is 0.733. The Balaban J connectivity index is 1.99. The largest absolute Gasteiger partial charge is 0.361 e. The van der Waals surface area contributed by atoms with Crippen LogP contribution in [0.2, 0.25) is 0 Å². The van der Waals surface area contributed by atoms with Crippen LogP contribution in [0.3, 0.4) is 0 Å². The zero-order valence-electron chi connectivity index (χ0n) is 13.3. The molecule has 1 saturated carbocycles. The Kier molecular flexibility index (Phi) is 5.26. The topological polar surface area (TPSA) is 89.3 Å². The number of aromatic nitrogens is 1. The smallest absolute Gasteiger partial charge is 0.238 e. The number of carbonyl (C=O) groups is 1. The van der Waals surface area contributed by atoms with Gasteiger partial charge in [-0.2, -0.15) is 0 Å². The van der Waals surface area contributed by atoms with Crippen LogP contribution in [0.5, 0.6) is 0 Å². The molecule has 1 aliphatic rings. The molecule has 0 aliphatic heterocycles. The summed E-state index contributed by atoms with van der Waals surface area (Å²) in [6.45, 7) is 5.23. The van der Waals surface area contributed by atoms with Gasteiger partial charge in [0.25, 0.3) is 0 Å². The molecule has 6 nitrogen and oxygen atoms in total. The number of nitrogens with zero attached hydrogens (tertiary/aromatic N) is 1. The summed E-state index contributed by atoms with van der Waals surface area (Å²) in [7, 11) is -3.60. The van der Waals surface area contributed by atoms with E-state index in [1.165, 1.54) is 13.3 Å². The van der Waals surface area contributed by atoms with Crippen LogP contribution in [0.4, 0.5) is 0 Å². The van der Waals surface area contributed by atoms with Gasteiger partial charge in [0.1, 0.15) is 11.0 Å². The Morgan fingerprint density at radius 1 is 1.45 bits per heavy atom. The van der Waals surface area contributed by atoms with E-state index >= 15 is 0 Å². The van der Waals surface area contributed by atoms with E-state index in [1.54, 1.807) is 13.0 Å². The SMILES string of the molecule is Cc1cc(CS(=O)(=O)[C@H](C)C(=O)N[C@@H]2CCCC[C@@H]2C)no1. The van der Waals surface area contributed by atoms with Gasteiger partial charge in [0.2, 0.25) is 5.91 Å². The first kappa shape index (κ1) is 17.0. The fourth-order valence-electron chi connectivity index (χ4n) is 2.81. The monoisotopic (exact) mass is 328 g/mol. The lowest BCUT2D eigenvalue weighted by Crippen LogP contribution is -2.47. The molecular formula is C15H24N2O4S. The summed E-state index contributed by atoms with van der Waals surface area (Å²) in [5.41, 5.74) is 0.336. The number of hydrogen-bond acceptors (Lipinski definition) is 5. The average molecular weight is 328 g/mol. The normalized spacial score (nSPS) is 24.0. The second kappa shape index (κ2) is 6.81. The summed E-state index contributed by atoms with van der Waals surface area (Å²) in [6.07, 6.45) is 4.24. The third-order valence-electron chi connectivity index (χ3n) is 4.37. The standard InChI is InChI=1S/C15H24N2O4S/c1-10-6-4-5-7-14(10)16-15(18)12(3)22(19,20)9-13-8-11(2)21-17-13/h8,10,12,14H,4-7,9H2,1-3H3,(H,16,18)/t10-,12+,14+/m0/s1. The molecule has 1 aromatic heterocycles. The number of sulfone groups is 1. The zero-order chi connectivity index (χ0) is 16.3. The molecule has 1 heterocycles. The van der Waals surface area contributed by atoms with Gasteiger partial charge in [0.15, 0.2) is 9.84 Å². The van der Waals surface area contributed by atoms with Crippen molar-refractivity contribution in [3.05, 3.63) is 17.5 Å². The van der Waals surface area contributed by atoms with Gasteiger partial charge < -0.3 is 9.84 Å². The van der Waals surface area contributed by atoms with Gasteiger partial charge in [0, 0.05) is 12.1 Å². The van der Waals surface area contributed by atoms with E-state index in [1.807, 2.05) is 0 Å². The van der Waals surface area contributed by atoms with Crippen LogP contribution < -0.4 is 5.32 Å². The van der Waals surface area contributed by atoms with Crippen LogP contribution in [0.25, 0.3) is 0 Å². The Bertz CT molecular complexity index is 623. The van der Waals surface area contributed by atoms with Crippen molar-refractivity contribution in [1.82, 2.24) is 10.5 Å². The van der Waals surface area contributed by atoms with Crippen molar-refractivity contribution in [1.29, 1.82) is 0 Å². The van der Waals surface area contributed by atoms with Gasteiger partial charge in [-0.15, -0.1) is 0 Å². The lowest BCUT2D eigenvalue weighted by molar-refractivity contribution is -0.121. The molecule has 0 bridgehead atoms. The summed E-state index contributed by atoms with van der Waals surface area (Å²) < 4.78 is 29.5. The molecule has 0 saturated heterocycles. The Morgan fingerprint density at radius 3 is 2.73 bits per heavy atom. The number of amides is 1. The van der Waals surface area contributed by atoms with Gasteiger partial charge in [-0.25, -0.2) is 8.42 Å². The van der Waals surface area contributed by atoms with Crippen molar-refractivity contribution >= 4 is 15.7 Å². The van der Waals surface area contributed by atoms with E-state index in [0.717, 1.165) is 19.3 Å². The summed E-state index contributed by atoms with van der Waals surface area (Å²) in [5.74, 6) is 0.252. The molecule has 3 atom stereocenters. The molecule has 22 heavy (non-hydrogen) atoms. The van der Waals surface area contributed by atoms with Crippen LogP contribution in [-0.2, 0) is 20.4 Å². The molecule has 0 aromatic carbocycles. The van der Waals surface area contributed by atoms with Crippen LogP contribution in [0, 0.1) is 12.8 Å². The first-order valence-electron chi connectivity index (χ1n) is 7.73. The highest BCUT2D eigenvalue weighted by Gasteiger charge is 2.32. The van der Waals surface area contributed by atoms with Gasteiger partial charge in [-0.3, -0.25) is 4.79 Å². The Morgan fingerprint density at radius 2 is 2.14 bits per heavy atom. The highest BCUT2D eigenvalue weighted by molar-refractivity contribution is 7.92. The lowest BCUT2D eigenvalue weighted by Gasteiger charge is -2.30. The van der Waals surface area contributed by atoms with Gasteiger partial charge in [-0.05, 0) is 32.6 Å². The van der Waals surface area contributed by atoms with E-state index in [2.05, 4.69) is 17.4 Å². The van der Waals surface area contributed by atoms with Gasteiger partial charge in [0.05, 0.1) is 11.4 Å². The lowest BCUT2D eigenvalue weighted by atomic mass is 9.86. The Hall–Kier alpha value is -1.37. The summed E-state index contributed by atoms with van der Waals surface area (Å²) in [5, 5.41) is 5.50. The number of hydrogen-bond donors (Lipinski definition) is 1. The number of aryl methyl sites for hydroxylation is 1. The van der Waals surface area contributed by atoms with Crippen LogP contribution >= 0.6 is 0 Å². The highest BCUT2D eigenvalue weighted by atomic mass is 32.2. The zero-order valence-corrected chi connectivity index (χ0v) is 14.1. The first-order valence-corrected chi connectivity index (χ1v) is 9.45. The second-order valence-corrected chi connectivity index (χ2v) is 8.58. The van der Waals surface area contributed by atoms with Crippen molar-refractivity contribution in [3.63, 3.8) is 0 Å². The molecule has 7 heteroatoms. The molecule has 1 N–H and O–H groups in total. The number of nitrogens with one attached hydrogen (secondary N) is 1. The molecule has 0 spiro atoms. The summed E-state index contributed by atoms with van der Waals surface area (Å²) in [4.78, 5) is 12.3. The fourth-order valence-corrected chi connectivity index (χ4v) is 4.00. The maximum atomic E-state index is 12.3. The average Bonchev–Trinajstić information content (AvgIpc) is 2.85. The van der Waals surface area contributed by atoms with Crippen molar-refractivity contribution < 1.29 is 17.7 Å². The van der Waals surface area contributed by atoms with Crippen LogP contribution in [0.15, 0.2) is 10.6 Å². The maximum absolute atomic E-state index is 12.3. The van der Waals surface area contributed by atoms with Crippen molar-refractivity contribution in [2.24, 2.45) is 5.92 Å². The third kappa shape index (κ3) is 4.09.